The molecule has 0 fully saturated rings. The fraction of sp³-hybridized carbons (Fsp3) is 0.200. The molecule has 0 aliphatic heterocycles. The fourth-order valence-electron chi connectivity index (χ4n) is 2.28. The Hall–Kier alpha value is -2.54. The lowest BCUT2D eigenvalue weighted by atomic mass is 10.2. The summed E-state index contributed by atoms with van der Waals surface area (Å²) >= 11 is 0. The molecule has 1 aromatic carbocycles. The Labute approximate surface area is 111 Å². The van der Waals surface area contributed by atoms with Crippen molar-refractivity contribution in [2.24, 2.45) is 0 Å². The minimum Gasteiger partial charge on any atom is -0.437 e. The van der Waals surface area contributed by atoms with Gasteiger partial charge in [-0.1, -0.05) is 6.07 Å². The Bertz CT molecular complexity index is 674. The van der Waals surface area contributed by atoms with E-state index in [1.54, 1.807) is 18.2 Å². The van der Waals surface area contributed by atoms with E-state index in [0.29, 0.717) is 22.9 Å². The van der Waals surface area contributed by atoms with E-state index in [0.717, 1.165) is 25.0 Å². The Kier molecular flexibility index (Phi) is 2.81. The van der Waals surface area contributed by atoms with Gasteiger partial charge in [0, 0.05) is 11.8 Å². The molecule has 0 amide bonds. The Morgan fingerprint density at radius 3 is 2.89 bits per heavy atom. The first kappa shape index (κ1) is 11.5. The number of hydrogen-bond donors (Lipinski definition) is 1. The maximum atomic E-state index is 8.79. The van der Waals surface area contributed by atoms with Crippen LogP contribution < -0.4 is 10.5 Å². The average molecular weight is 251 g/mol. The van der Waals surface area contributed by atoms with Crippen LogP contribution in [0.3, 0.4) is 0 Å². The Morgan fingerprint density at radius 1 is 1.21 bits per heavy atom. The molecule has 0 radical (unpaired) electrons. The van der Waals surface area contributed by atoms with Crippen molar-refractivity contribution in [1.29, 1.82) is 5.26 Å². The number of aryl methyl sites for hydroxylation is 2. The van der Waals surface area contributed by atoms with Crippen molar-refractivity contribution in [1.82, 2.24) is 4.98 Å². The summed E-state index contributed by atoms with van der Waals surface area (Å²) in [5, 5.41) is 8.79. The van der Waals surface area contributed by atoms with Crippen molar-refractivity contribution >= 4 is 5.69 Å². The Morgan fingerprint density at radius 2 is 2.11 bits per heavy atom. The minimum atomic E-state index is 0.446. The van der Waals surface area contributed by atoms with Crippen molar-refractivity contribution in [2.45, 2.75) is 19.3 Å². The van der Waals surface area contributed by atoms with Crippen LogP contribution in [0.5, 0.6) is 11.6 Å². The summed E-state index contributed by atoms with van der Waals surface area (Å²) in [5.74, 6) is 1.08. The molecular weight excluding hydrogens is 238 g/mol. The van der Waals surface area contributed by atoms with Crippen LogP contribution in [0.1, 0.15) is 23.2 Å². The van der Waals surface area contributed by atoms with E-state index in [-0.39, 0.29) is 0 Å². The van der Waals surface area contributed by atoms with Crippen LogP contribution >= 0.6 is 0 Å². The van der Waals surface area contributed by atoms with Crippen LogP contribution in [0.25, 0.3) is 0 Å². The zero-order valence-corrected chi connectivity index (χ0v) is 10.4. The van der Waals surface area contributed by atoms with Crippen molar-refractivity contribution < 1.29 is 4.74 Å². The summed E-state index contributed by atoms with van der Waals surface area (Å²) in [6.07, 6.45) is 3.27. The lowest BCUT2D eigenvalue weighted by Crippen LogP contribution is -1.96. The van der Waals surface area contributed by atoms with Crippen LogP contribution in [0.2, 0.25) is 0 Å². The highest BCUT2D eigenvalue weighted by Crippen LogP contribution is 2.29. The molecule has 1 aromatic heterocycles. The third-order valence-electron chi connectivity index (χ3n) is 3.26. The van der Waals surface area contributed by atoms with E-state index < -0.39 is 0 Å². The van der Waals surface area contributed by atoms with Gasteiger partial charge in [-0.3, -0.25) is 0 Å². The SMILES string of the molecule is N#Cc1ccc(Oc2ccc3c(n2)CCC3)c(N)c1. The van der Waals surface area contributed by atoms with E-state index in [4.69, 9.17) is 15.7 Å². The van der Waals surface area contributed by atoms with Gasteiger partial charge in [0.15, 0.2) is 5.75 Å². The molecule has 4 heteroatoms. The van der Waals surface area contributed by atoms with E-state index in [1.165, 1.54) is 5.56 Å². The first-order valence-corrected chi connectivity index (χ1v) is 6.22. The molecule has 1 aliphatic carbocycles. The zero-order valence-electron chi connectivity index (χ0n) is 10.4. The average Bonchev–Trinajstić information content (AvgIpc) is 2.88. The second-order valence-electron chi connectivity index (χ2n) is 4.58. The number of benzene rings is 1. The predicted octanol–water partition coefficient (Wildman–Crippen LogP) is 2.82. The van der Waals surface area contributed by atoms with Gasteiger partial charge < -0.3 is 10.5 Å². The summed E-state index contributed by atoms with van der Waals surface area (Å²) in [6, 6.07) is 10.9. The highest BCUT2D eigenvalue weighted by atomic mass is 16.5. The normalized spacial score (nSPS) is 12.8. The van der Waals surface area contributed by atoms with Gasteiger partial charge in [0.25, 0.3) is 0 Å². The number of pyridine rings is 1. The molecule has 1 heterocycles. The fourth-order valence-corrected chi connectivity index (χ4v) is 2.28. The molecule has 0 bridgehead atoms. The second-order valence-corrected chi connectivity index (χ2v) is 4.58. The van der Waals surface area contributed by atoms with Gasteiger partial charge in [-0.25, -0.2) is 4.98 Å². The van der Waals surface area contributed by atoms with E-state index in [1.807, 2.05) is 12.1 Å². The molecule has 0 unspecified atom stereocenters. The summed E-state index contributed by atoms with van der Waals surface area (Å²) in [5.41, 5.74) is 9.24. The largest absolute Gasteiger partial charge is 0.437 e. The summed E-state index contributed by atoms with van der Waals surface area (Å²) in [7, 11) is 0. The molecule has 3 rings (SSSR count). The highest BCUT2D eigenvalue weighted by Gasteiger charge is 2.13. The standard InChI is InChI=1S/C15H13N3O/c16-9-10-4-6-14(12(17)8-10)19-15-7-5-11-2-1-3-13(11)18-15/h4-8H,1-3,17H2. The molecular formula is C15H13N3O. The summed E-state index contributed by atoms with van der Waals surface area (Å²) in [6.45, 7) is 0. The number of nitrogens with two attached hydrogens (primary N) is 1. The number of aromatic nitrogens is 1. The third-order valence-corrected chi connectivity index (χ3v) is 3.26. The van der Waals surface area contributed by atoms with Gasteiger partial charge in [-0.05, 0) is 43.0 Å². The second kappa shape index (κ2) is 4.62. The first-order valence-electron chi connectivity index (χ1n) is 6.22. The summed E-state index contributed by atoms with van der Waals surface area (Å²) in [4.78, 5) is 4.49. The third kappa shape index (κ3) is 2.23. The molecule has 94 valence electrons. The number of anilines is 1. The zero-order chi connectivity index (χ0) is 13.2. The molecule has 0 spiro atoms. The predicted molar refractivity (Wildman–Crippen MR) is 71.9 cm³/mol. The number of nitrogen functional groups attached to an aromatic ring is 1. The number of hydrogen-bond acceptors (Lipinski definition) is 4. The topological polar surface area (TPSA) is 71.9 Å². The van der Waals surface area contributed by atoms with E-state index in [9.17, 15) is 0 Å². The monoisotopic (exact) mass is 251 g/mol. The van der Waals surface area contributed by atoms with Gasteiger partial charge >= 0.3 is 0 Å². The number of nitrogens with zero attached hydrogens (tertiary/aromatic N) is 2. The number of nitriles is 1. The number of rotatable bonds is 2. The molecule has 2 N–H and O–H groups in total. The highest BCUT2D eigenvalue weighted by molar-refractivity contribution is 5.57. The molecule has 0 atom stereocenters. The van der Waals surface area contributed by atoms with Crippen molar-refractivity contribution in [3.05, 3.63) is 47.2 Å². The van der Waals surface area contributed by atoms with Crippen LogP contribution in [0.4, 0.5) is 5.69 Å². The number of ether oxygens (including phenoxy) is 1. The molecule has 4 nitrogen and oxygen atoms in total. The van der Waals surface area contributed by atoms with Crippen molar-refractivity contribution in [3.8, 4) is 17.7 Å². The van der Waals surface area contributed by atoms with Crippen LogP contribution in [0.15, 0.2) is 30.3 Å². The van der Waals surface area contributed by atoms with Gasteiger partial charge in [0.05, 0.1) is 17.3 Å². The molecule has 1 aliphatic rings. The van der Waals surface area contributed by atoms with Gasteiger partial charge in [-0.15, -0.1) is 0 Å². The Balaban J connectivity index is 1.87. The van der Waals surface area contributed by atoms with Crippen molar-refractivity contribution in [2.75, 3.05) is 5.73 Å². The molecule has 2 aromatic rings. The molecule has 19 heavy (non-hydrogen) atoms. The van der Waals surface area contributed by atoms with E-state index >= 15 is 0 Å². The number of fused-ring (bicyclic) bond motifs is 1. The van der Waals surface area contributed by atoms with Crippen LogP contribution in [0, 0.1) is 11.3 Å². The van der Waals surface area contributed by atoms with E-state index in [2.05, 4.69) is 11.1 Å². The lowest BCUT2D eigenvalue weighted by Gasteiger charge is -2.09. The van der Waals surface area contributed by atoms with Gasteiger partial charge in [-0.2, -0.15) is 5.26 Å². The maximum absolute atomic E-state index is 8.79. The smallest absolute Gasteiger partial charge is 0.219 e. The van der Waals surface area contributed by atoms with Crippen molar-refractivity contribution in [3.63, 3.8) is 0 Å². The van der Waals surface area contributed by atoms with Gasteiger partial charge in [0.1, 0.15) is 0 Å². The molecule has 0 saturated carbocycles. The quantitative estimate of drug-likeness (QED) is 0.833. The molecule has 0 saturated heterocycles. The van der Waals surface area contributed by atoms with Gasteiger partial charge in [0.2, 0.25) is 5.88 Å². The lowest BCUT2D eigenvalue weighted by molar-refractivity contribution is 0.463. The minimum absolute atomic E-state index is 0.446. The van der Waals surface area contributed by atoms with Crippen LogP contribution in [-0.2, 0) is 12.8 Å². The first-order chi connectivity index (χ1) is 9.26. The summed E-state index contributed by atoms with van der Waals surface area (Å²) < 4.78 is 5.69. The van der Waals surface area contributed by atoms with Crippen LogP contribution in [-0.4, -0.2) is 4.98 Å². The maximum Gasteiger partial charge on any atom is 0.219 e.